The quantitative estimate of drug-likeness (QED) is 0.770. The average molecular weight is 368 g/mol. The van der Waals surface area contributed by atoms with Gasteiger partial charge in [0.05, 0.1) is 13.3 Å². The van der Waals surface area contributed by atoms with E-state index >= 15 is 0 Å². The number of para-hydroxylation sites is 2. The van der Waals surface area contributed by atoms with Crippen molar-refractivity contribution in [2.75, 3.05) is 56.4 Å². The van der Waals surface area contributed by atoms with Crippen molar-refractivity contribution in [3.8, 4) is 0 Å². The van der Waals surface area contributed by atoms with Crippen LogP contribution in [0.15, 0.2) is 60.7 Å². The summed E-state index contributed by atoms with van der Waals surface area (Å²) in [4.78, 5) is 6.84. The van der Waals surface area contributed by atoms with Crippen molar-refractivity contribution < 1.29 is 0 Å². The second-order valence-electron chi connectivity index (χ2n) is 6.86. The fourth-order valence-electron chi connectivity index (χ4n) is 3.50. The van der Waals surface area contributed by atoms with Gasteiger partial charge < -0.3 is 14.7 Å². The van der Waals surface area contributed by atoms with Crippen LogP contribution in [0.5, 0.6) is 0 Å². The molecular formula is C20H25N5S. The summed E-state index contributed by atoms with van der Waals surface area (Å²) >= 11 is 5.88. The first-order valence-corrected chi connectivity index (χ1v) is 9.51. The van der Waals surface area contributed by atoms with Crippen molar-refractivity contribution in [2.24, 2.45) is 0 Å². The summed E-state index contributed by atoms with van der Waals surface area (Å²) in [5, 5.41) is 5.74. The van der Waals surface area contributed by atoms with E-state index in [1.165, 1.54) is 0 Å². The Morgan fingerprint density at radius 1 is 0.654 bits per heavy atom. The van der Waals surface area contributed by atoms with Gasteiger partial charge in [-0.1, -0.05) is 36.4 Å². The van der Waals surface area contributed by atoms with E-state index in [9.17, 15) is 0 Å². The molecule has 2 saturated heterocycles. The monoisotopic (exact) mass is 367 g/mol. The van der Waals surface area contributed by atoms with Crippen LogP contribution < -0.4 is 9.80 Å². The summed E-state index contributed by atoms with van der Waals surface area (Å²) in [6.07, 6.45) is 0. The van der Waals surface area contributed by atoms with Crippen molar-refractivity contribution in [2.45, 2.75) is 0 Å². The average Bonchev–Trinajstić information content (AvgIpc) is 2.70. The maximum atomic E-state index is 5.88. The number of hydrazine groups is 1. The molecule has 2 heterocycles. The van der Waals surface area contributed by atoms with Crippen molar-refractivity contribution in [3.63, 3.8) is 0 Å². The van der Waals surface area contributed by atoms with E-state index in [2.05, 4.69) is 80.3 Å². The van der Waals surface area contributed by atoms with Gasteiger partial charge in [-0.3, -0.25) is 0 Å². The topological polar surface area (TPSA) is 16.2 Å². The Balaban J connectivity index is 1.63. The molecule has 0 N–H and O–H groups in total. The van der Waals surface area contributed by atoms with Gasteiger partial charge in [0.25, 0.3) is 0 Å². The fourth-order valence-corrected chi connectivity index (χ4v) is 3.82. The molecule has 26 heavy (non-hydrogen) atoms. The number of thiocarbonyl (C=S) groups is 1. The second kappa shape index (κ2) is 7.72. The lowest BCUT2D eigenvalue weighted by Gasteiger charge is -2.49. The highest BCUT2D eigenvalue weighted by Crippen LogP contribution is 2.26. The molecule has 0 aliphatic carbocycles. The van der Waals surface area contributed by atoms with Gasteiger partial charge in [-0.15, -0.1) is 0 Å². The van der Waals surface area contributed by atoms with E-state index in [0.717, 1.165) is 56.0 Å². The molecule has 0 unspecified atom stereocenters. The van der Waals surface area contributed by atoms with Gasteiger partial charge in [0.2, 0.25) is 0 Å². The largest absolute Gasteiger partial charge is 0.304 e. The number of hydrogen-bond acceptors (Lipinski definition) is 4. The number of benzene rings is 2. The molecule has 0 spiro atoms. The van der Waals surface area contributed by atoms with Crippen LogP contribution in [0.4, 0.5) is 11.4 Å². The van der Waals surface area contributed by atoms with E-state index in [0.29, 0.717) is 0 Å². The Morgan fingerprint density at radius 2 is 1.12 bits per heavy atom. The van der Waals surface area contributed by atoms with E-state index < -0.39 is 0 Å². The molecule has 2 fully saturated rings. The van der Waals surface area contributed by atoms with Gasteiger partial charge in [0.1, 0.15) is 0 Å². The molecule has 2 aromatic carbocycles. The van der Waals surface area contributed by atoms with Crippen LogP contribution in [-0.4, -0.2) is 66.6 Å². The lowest BCUT2D eigenvalue weighted by atomic mass is 10.2. The van der Waals surface area contributed by atoms with E-state index in [1.54, 1.807) is 0 Å². The third-order valence-corrected chi connectivity index (χ3v) is 5.53. The first-order chi connectivity index (χ1) is 12.7. The fraction of sp³-hybridized carbons (Fsp3) is 0.350. The van der Waals surface area contributed by atoms with Gasteiger partial charge in [0.15, 0.2) is 5.11 Å². The van der Waals surface area contributed by atoms with Gasteiger partial charge in [-0.05, 0) is 43.5 Å². The number of rotatable bonds is 3. The molecule has 0 bridgehead atoms. The standard InChI is InChI=1S/C20H25N5S/c1-21-12-14-22(15-13-21)23-16-24(18-8-4-2-5-9-18)20(26)25(17-23)19-10-6-3-7-11-19/h2-11H,12-17H2,1H3. The van der Waals surface area contributed by atoms with Gasteiger partial charge in [-0.2, -0.15) is 0 Å². The van der Waals surface area contributed by atoms with E-state index in [4.69, 9.17) is 12.2 Å². The molecule has 0 saturated carbocycles. The SMILES string of the molecule is CN1CCN(N2CN(c3ccccc3)C(=S)N(c3ccccc3)C2)CC1. The Kier molecular flexibility index (Phi) is 5.17. The second-order valence-corrected chi connectivity index (χ2v) is 7.22. The maximum absolute atomic E-state index is 5.88. The van der Waals surface area contributed by atoms with Gasteiger partial charge >= 0.3 is 0 Å². The summed E-state index contributed by atoms with van der Waals surface area (Å²) in [6.45, 7) is 5.87. The Bertz CT molecular complexity index is 679. The van der Waals surface area contributed by atoms with Gasteiger partial charge in [-0.25, -0.2) is 10.0 Å². The van der Waals surface area contributed by atoms with Crippen LogP contribution in [0.2, 0.25) is 0 Å². The first kappa shape index (κ1) is 17.4. The molecule has 0 amide bonds. The Morgan fingerprint density at radius 3 is 1.58 bits per heavy atom. The Hall–Kier alpha value is -1.99. The molecule has 5 nitrogen and oxygen atoms in total. The van der Waals surface area contributed by atoms with E-state index in [-0.39, 0.29) is 0 Å². The Labute approximate surface area is 161 Å². The van der Waals surface area contributed by atoms with Crippen molar-refractivity contribution in [1.82, 2.24) is 14.9 Å². The highest BCUT2D eigenvalue weighted by Gasteiger charge is 2.33. The third kappa shape index (κ3) is 3.59. The van der Waals surface area contributed by atoms with Gasteiger partial charge in [0, 0.05) is 37.6 Å². The van der Waals surface area contributed by atoms with Crippen molar-refractivity contribution in [3.05, 3.63) is 60.7 Å². The summed E-state index contributed by atoms with van der Waals surface area (Å²) in [6, 6.07) is 20.9. The predicted molar refractivity (Wildman–Crippen MR) is 111 cm³/mol. The number of hydrogen-bond donors (Lipinski definition) is 0. The zero-order valence-corrected chi connectivity index (χ0v) is 16.0. The summed E-state index contributed by atoms with van der Waals surface area (Å²) < 4.78 is 0. The highest BCUT2D eigenvalue weighted by atomic mass is 32.1. The lowest BCUT2D eigenvalue weighted by molar-refractivity contribution is -0.0525. The number of likely N-dealkylation sites (N-methyl/N-ethyl adjacent to an activating group) is 1. The summed E-state index contributed by atoms with van der Waals surface area (Å²) in [5.41, 5.74) is 2.27. The predicted octanol–water partition coefficient (Wildman–Crippen LogP) is 2.68. The van der Waals surface area contributed by atoms with Crippen LogP contribution in [0.1, 0.15) is 0 Å². The van der Waals surface area contributed by atoms with Crippen LogP contribution in [0, 0.1) is 0 Å². The van der Waals surface area contributed by atoms with Crippen molar-refractivity contribution >= 4 is 28.7 Å². The highest BCUT2D eigenvalue weighted by molar-refractivity contribution is 7.80. The normalized spacial score (nSPS) is 20.6. The zero-order valence-electron chi connectivity index (χ0n) is 15.2. The van der Waals surface area contributed by atoms with E-state index in [1.807, 2.05) is 12.1 Å². The molecule has 0 radical (unpaired) electrons. The molecule has 6 heteroatoms. The minimum absolute atomic E-state index is 0.788. The van der Waals surface area contributed by atoms with Crippen LogP contribution >= 0.6 is 12.2 Å². The molecule has 4 rings (SSSR count). The molecular weight excluding hydrogens is 342 g/mol. The van der Waals surface area contributed by atoms with Crippen LogP contribution in [-0.2, 0) is 0 Å². The smallest absolute Gasteiger partial charge is 0.182 e. The minimum Gasteiger partial charge on any atom is -0.304 e. The lowest BCUT2D eigenvalue weighted by Crippen LogP contribution is -2.65. The van der Waals surface area contributed by atoms with Crippen LogP contribution in [0.25, 0.3) is 0 Å². The summed E-state index contributed by atoms with van der Waals surface area (Å²) in [5.74, 6) is 0. The first-order valence-electron chi connectivity index (χ1n) is 9.10. The molecule has 136 valence electrons. The molecule has 0 atom stereocenters. The van der Waals surface area contributed by atoms with Crippen LogP contribution in [0.3, 0.4) is 0 Å². The third-order valence-electron chi connectivity index (χ3n) is 5.09. The number of anilines is 2. The maximum Gasteiger partial charge on any atom is 0.182 e. The van der Waals surface area contributed by atoms with Crippen molar-refractivity contribution in [1.29, 1.82) is 0 Å². The molecule has 2 aliphatic rings. The number of piperazine rings is 1. The minimum atomic E-state index is 0.788. The molecule has 2 aliphatic heterocycles. The number of nitrogens with zero attached hydrogens (tertiary/aromatic N) is 5. The zero-order chi connectivity index (χ0) is 17.9. The molecule has 0 aromatic heterocycles. The molecule has 2 aromatic rings. The summed E-state index contributed by atoms with van der Waals surface area (Å²) in [7, 11) is 2.19.